The van der Waals surface area contributed by atoms with Gasteiger partial charge >= 0.3 is 0 Å². The Kier molecular flexibility index (Phi) is 3.74. The van der Waals surface area contributed by atoms with Crippen molar-refractivity contribution < 1.29 is 9.13 Å². The van der Waals surface area contributed by atoms with E-state index in [1.54, 1.807) is 48.2 Å². The highest BCUT2D eigenvalue weighted by Gasteiger charge is 2.04. The molecule has 1 heterocycles. The van der Waals surface area contributed by atoms with Crippen LogP contribution in [0.25, 0.3) is 16.8 Å². The summed E-state index contributed by atoms with van der Waals surface area (Å²) in [5, 5.41) is 0. The number of rotatable bonds is 3. The van der Waals surface area contributed by atoms with Crippen LogP contribution in [0.1, 0.15) is 0 Å². The smallest absolute Gasteiger partial charge is 0.255 e. The molecule has 0 fully saturated rings. The van der Waals surface area contributed by atoms with Gasteiger partial charge in [-0.1, -0.05) is 12.1 Å². The maximum atomic E-state index is 13.0. The van der Waals surface area contributed by atoms with Gasteiger partial charge in [0.1, 0.15) is 11.6 Å². The lowest BCUT2D eigenvalue weighted by atomic mass is 10.1. The molecule has 2 aromatic carbocycles. The average molecular weight is 295 g/mol. The molecule has 3 nitrogen and oxygen atoms in total. The zero-order chi connectivity index (χ0) is 15.5. The summed E-state index contributed by atoms with van der Waals surface area (Å²) < 4.78 is 19.7. The molecule has 0 saturated carbocycles. The number of nitrogens with zero attached hydrogens (tertiary/aromatic N) is 1. The van der Waals surface area contributed by atoms with Gasteiger partial charge in [0.25, 0.3) is 5.56 Å². The summed E-state index contributed by atoms with van der Waals surface area (Å²) in [4.78, 5) is 12.1. The van der Waals surface area contributed by atoms with E-state index >= 15 is 0 Å². The highest BCUT2D eigenvalue weighted by molar-refractivity contribution is 5.62. The van der Waals surface area contributed by atoms with Gasteiger partial charge in [0.15, 0.2) is 0 Å². The summed E-state index contributed by atoms with van der Waals surface area (Å²) in [5.74, 6) is 0.443. The van der Waals surface area contributed by atoms with E-state index in [1.165, 1.54) is 18.2 Å². The second-order valence-corrected chi connectivity index (χ2v) is 4.83. The molecule has 0 radical (unpaired) electrons. The first-order valence-electron chi connectivity index (χ1n) is 6.80. The minimum Gasteiger partial charge on any atom is -0.497 e. The van der Waals surface area contributed by atoms with E-state index in [0.717, 1.165) is 22.6 Å². The Morgan fingerprint density at radius 1 is 0.864 bits per heavy atom. The number of pyridine rings is 1. The Hall–Kier alpha value is -2.88. The predicted octanol–water partition coefficient (Wildman–Crippen LogP) is 3.65. The lowest BCUT2D eigenvalue weighted by Gasteiger charge is -2.09. The van der Waals surface area contributed by atoms with Crippen LogP contribution >= 0.6 is 0 Å². The highest BCUT2D eigenvalue weighted by atomic mass is 19.1. The fraction of sp³-hybridized carbons (Fsp3) is 0.0556. The minimum absolute atomic E-state index is 0.129. The molecule has 0 spiro atoms. The second kappa shape index (κ2) is 5.85. The summed E-state index contributed by atoms with van der Waals surface area (Å²) in [7, 11) is 1.59. The fourth-order valence-electron chi connectivity index (χ4n) is 2.24. The molecule has 0 N–H and O–H groups in total. The SMILES string of the molecule is COc1ccc(-n2cc(-c3ccc(F)cc3)ccc2=O)cc1. The lowest BCUT2D eigenvalue weighted by Crippen LogP contribution is -2.16. The zero-order valence-corrected chi connectivity index (χ0v) is 12.0. The van der Waals surface area contributed by atoms with Gasteiger partial charge in [-0.05, 0) is 53.6 Å². The third kappa shape index (κ3) is 2.76. The molecule has 0 aliphatic rings. The molecular weight excluding hydrogens is 281 g/mol. The van der Waals surface area contributed by atoms with E-state index in [1.807, 2.05) is 12.1 Å². The first-order chi connectivity index (χ1) is 10.7. The summed E-state index contributed by atoms with van der Waals surface area (Å²) in [6.45, 7) is 0. The molecule has 3 aromatic rings. The number of benzene rings is 2. The molecule has 0 unspecified atom stereocenters. The molecule has 0 saturated heterocycles. The topological polar surface area (TPSA) is 31.2 Å². The number of methoxy groups -OCH3 is 1. The number of hydrogen-bond acceptors (Lipinski definition) is 2. The lowest BCUT2D eigenvalue weighted by molar-refractivity contribution is 0.414. The van der Waals surface area contributed by atoms with E-state index in [-0.39, 0.29) is 11.4 Å². The Morgan fingerprint density at radius 2 is 1.50 bits per heavy atom. The number of aromatic nitrogens is 1. The highest BCUT2D eigenvalue weighted by Crippen LogP contribution is 2.20. The first-order valence-corrected chi connectivity index (χ1v) is 6.80. The van der Waals surface area contributed by atoms with Crippen molar-refractivity contribution in [2.75, 3.05) is 7.11 Å². The van der Waals surface area contributed by atoms with Crippen LogP contribution in [-0.2, 0) is 0 Å². The summed E-state index contributed by atoms with van der Waals surface area (Å²) in [5.41, 5.74) is 2.31. The molecule has 0 bridgehead atoms. The number of halogens is 1. The summed E-state index contributed by atoms with van der Waals surface area (Å²) in [6.07, 6.45) is 1.75. The van der Waals surface area contributed by atoms with Gasteiger partial charge in [0.05, 0.1) is 7.11 Å². The Labute approximate surface area is 127 Å². The van der Waals surface area contributed by atoms with Crippen molar-refractivity contribution in [3.8, 4) is 22.6 Å². The van der Waals surface area contributed by atoms with E-state index in [2.05, 4.69) is 0 Å². The molecule has 0 atom stereocenters. The van der Waals surface area contributed by atoms with Crippen LogP contribution < -0.4 is 10.3 Å². The van der Waals surface area contributed by atoms with Crippen LogP contribution in [0.3, 0.4) is 0 Å². The second-order valence-electron chi connectivity index (χ2n) is 4.83. The van der Waals surface area contributed by atoms with Crippen LogP contribution in [0.2, 0.25) is 0 Å². The van der Waals surface area contributed by atoms with E-state index in [0.29, 0.717) is 0 Å². The van der Waals surface area contributed by atoms with Crippen molar-refractivity contribution in [1.29, 1.82) is 0 Å². The van der Waals surface area contributed by atoms with Crippen molar-refractivity contribution >= 4 is 0 Å². The Balaban J connectivity index is 2.06. The number of hydrogen-bond donors (Lipinski definition) is 0. The largest absolute Gasteiger partial charge is 0.497 e. The molecule has 0 amide bonds. The molecule has 3 rings (SSSR count). The van der Waals surface area contributed by atoms with Crippen LogP contribution in [-0.4, -0.2) is 11.7 Å². The minimum atomic E-state index is -0.285. The van der Waals surface area contributed by atoms with Gasteiger partial charge in [0.2, 0.25) is 0 Å². The van der Waals surface area contributed by atoms with Crippen molar-refractivity contribution in [3.63, 3.8) is 0 Å². The summed E-state index contributed by atoms with van der Waals surface area (Å²) in [6, 6.07) is 16.6. The monoisotopic (exact) mass is 295 g/mol. The van der Waals surface area contributed by atoms with Crippen molar-refractivity contribution in [1.82, 2.24) is 4.57 Å². The Bertz CT molecular complexity index is 836. The maximum Gasteiger partial charge on any atom is 0.255 e. The number of ether oxygens (including phenoxy) is 1. The maximum absolute atomic E-state index is 13.0. The molecule has 110 valence electrons. The molecule has 4 heteroatoms. The van der Waals surface area contributed by atoms with Gasteiger partial charge in [-0.15, -0.1) is 0 Å². The standard InChI is InChI=1S/C18H14FNO2/c1-22-17-9-7-16(8-10-17)20-12-14(4-11-18(20)21)13-2-5-15(19)6-3-13/h2-12H,1H3. The molecule has 22 heavy (non-hydrogen) atoms. The van der Waals surface area contributed by atoms with Crippen molar-refractivity contribution in [2.45, 2.75) is 0 Å². The quantitative estimate of drug-likeness (QED) is 0.738. The predicted molar refractivity (Wildman–Crippen MR) is 84.0 cm³/mol. The summed E-state index contributed by atoms with van der Waals surface area (Å²) >= 11 is 0. The van der Waals surface area contributed by atoms with Gasteiger partial charge < -0.3 is 4.74 Å². The fourth-order valence-corrected chi connectivity index (χ4v) is 2.24. The normalized spacial score (nSPS) is 10.5. The van der Waals surface area contributed by atoms with E-state index in [9.17, 15) is 9.18 Å². The molecule has 0 aliphatic carbocycles. The van der Waals surface area contributed by atoms with Gasteiger partial charge in [-0.3, -0.25) is 9.36 Å². The van der Waals surface area contributed by atoms with Crippen LogP contribution in [0.15, 0.2) is 71.7 Å². The third-order valence-electron chi connectivity index (χ3n) is 3.44. The van der Waals surface area contributed by atoms with Crippen molar-refractivity contribution in [2.24, 2.45) is 0 Å². The first kappa shape index (κ1) is 14.1. The van der Waals surface area contributed by atoms with Crippen molar-refractivity contribution in [3.05, 3.63) is 83.0 Å². The molecule has 0 aliphatic heterocycles. The van der Waals surface area contributed by atoms with Crippen LogP contribution in [0.4, 0.5) is 4.39 Å². The Morgan fingerprint density at radius 3 is 2.14 bits per heavy atom. The van der Waals surface area contributed by atoms with Gasteiger partial charge in [0, 0.05) is 18.0 Å². The van der Waals surface area contributed by atoms with E-state index in [4.69, 9.17) is 4.74 Å². The molecule has 1 aromatic heterocycles. The van der Waals surface area contributed by atoms with Crippen LogP contribution in [0.5, 0.6) is 5.75 Å². The molecular formula is C18H14FNO2. The van der Waals surface area contributed by atoms with Gasteiger partial charge in [-0.25, -0.2) is 4.39 Å². The van der Waals surface area contributed by atoms with Gasteiger partial charge in [-0.2, -0.15) is 0 Å². The third-order valence-corrected chi connectivity index (χ3v) is 3.44. The van der Waals surface area contributed by atoms with Crippen LogP contribution in [0, 0.1) is 5.82 Å². The average Bonchev–Trinajstić information content (AvgIpc) is 2.56. The van der Waals surface area contributed by atoms with E-state index < -0.39 is 0 Å². The zero-order valence-electron chi connectivity index (χ0n) is 12.0.